The van der Waals surface area contributed by atoms with Crippen LogP contribution in [0.2, 0.25) is 0 Å². The van der Waals surface area contributed by atoms with Gasteiger partial charge in [-0.05, 0) is 25.0 Å². The lowest BCUT2D eigenvalue weighted by Gasteiger charge is -2.19. The Kier molecular flexibility index (Phi) is 4.23. The van der Waals surface area contributed by atoms with Crippen molar-refractivity contribution in [1.29, 1.82) is 0 Å². The van der Waals surface area contributed by atoms with Crippen molar-refractivity contribution >= 4 is 28.5 Å². The lowest BCUT2D eigenvalue weighted by atomic mass is 9.85. The van der Waals surface area contributed by atoms with Crippen LogP contribution in [0.5, 0.6) is 5.75 Å². The summed E-state index contributed by atoms with van der Waals surface area (Å²) in [6.45, 7) is 0. The number of methoxy groups -OCH3 is 1. The van der Waals surface area contributed by atoms with Gasteiger partial charge in [0.25, 0.3) is 0 Å². The van der Waals surface area contributed by atoms with Crippen molar-refractivity contribution in [2.75, 3.05) is 12.4 Å². The number of hydrogen-bond donors (Lipinski definition) is 2. The van der Waals surface area contributed by atoms with Crippen LogP contribution in [-0.2, 0) is 0 Å². The Morgan fingerprint density at radius 2 is 2.00 bits per heavy atom. The van der Waals surface area contributed by atoms with Crippen molar-refractivity contribution in [1.82, 2.24) is 0 Å². The SMILES string of the molecule is COc1ccc2c(NC(N)=O)c(C(=O)C3CCCCC3)oc2c1. The van der Waals surface area contributed by atoms with Gasteiger partial charge in [-0.25, -0.2) is 4.79 Å². The topological polar surface area (TPSA) is 94.6 Å². The van der Waals surface area contributed by atoms with Gasteiger partial charge in [0.05, 0.1) is 7.11 Å². The van der Waals surface area contributed by atoms with Gasteiger partial charge >= 0.3 is 6.03 Å². The highest BCUT2D eigenvalue weighted by Crippen LogP contribution is 2.37. The Bertz CT molecular complexity index is 744. The van der Waals surface area contributed by atoms with Crippen molar-refractivity contribution in [3.63, 3.8) is 0 Å². The van der Waals surface area contributed by atoms with Gasteiger partial charge in [0, 0.05) is 17.4 Å². The number of rotatable bonds is 4. The van der Waals surface area contributed by atoms with Crippen LogP contribution in [0.1, 0.15) is 42.7 Å². The summed E-state index contributed by atoms with van der Waals surface area (Å²) in [5.74, 6) is 0.677. The zero-order valence-corrected chi connectivity index (χ0v) is 13.1. The second-order valence-corrected chi connectivity index (χ2v) is 5.86. The number of nitrogens with two attached hydrogens (primary N) is 1. The fraction of sp³-hybridized carbons (Fsp3) is 0.412. The zero-order chi connectivity index (χ0) is 16.4. The number of nitrogens with one attached hydrogen (secondary N) is 1. The second-order valence-electron chi connectivity index (χ2n) is 5.86. The predicted octanol–water partition coefficient (Wildman–Crippen LogP) is 3.70. The Hall–Kier alpha value is -2.50. The summed E-state index contributed by atoms with van der Waals surface area (Å²) >= 11 is 0. The van der Waals surface area contributed by atoms with Crippen LogP contribution < -0.4 is 15.8 Å². The van der Waals surface area contributed by atoms with Crippen LogP contribution in [0.4, 0.5) is 10.5 Å². The van der Waals surface area contributed by atoms with Crippen LogP contribution in [0.3, 0.4) is 0 Å². The Morgan fingerprint density at radius 1 is 1.26 bits per heavy atom. The van der Waals surface area contributed by atoms with E-state index in [1.54, 1.807) is 25.3 Å². The molecule has 3 N–H and O–H groups in total. The summed E-state index contributed by atoms with van der Waals surface area (Å²) in [6.07, 6.45) is 4.96. The first-order chi connectivity index (χ1) is 11.1. The number of urea groups is 1. The third-order valence-electron chi connectivity index (χ3n) is 4.35. The Morgan fingerprint density at radius 3 is 2.65 bits per heavy atom. The first kappa shape index (κ1) is 15.4. The van der Waals surface area contributed by atoms with E-state index >= 15 is 0 Å². The molecule has 0 unspecified atom stereocenters. The third kappa shape index (κ3) is 3.02. The van der Waals surface area contributed by atoms with Gasteiger partial charge in [0.15, 0.2) is 5.76 Å². The van der Waals surface area contributed by atoms with Gasteiger partial charge in [-0.3, -0.25) is 4.79 Å². The highest BCUT2D eigenvalue weighted by molar-refractivity contribution is 6.11. The quantitative estimate of drug-likeness (QED) is 0.841. The number of carbonyl (C=O) groups excluding carboxylic acids is 2. The first-order valence-corrected chi connectivity index (χ1v) is 7.81. The molecule has 23 heavy (non-hydrogen) atoms. The molecule has 1 aliphatic rings. The molecule has 1 fully saturated rings. The number of hydrogen-bond acceptors (Lipinski definition) is 4. The van der Waals surface area contributed by atoms with E-state index in [1.165, 1.54) is 0 Å². The molecular weight excluding hydrogens is 296 g/mol. The number of furan rings is 1. The molecule has 0 saturated heterocycles. The monoisotopic (exact) mass is 316 g/mol. The van der Waals surface area contributed by atoms with Gasteiger partial charge in [-0.1, -0.05) is 19.3 Å². The molecule has 0 aliphatic heterocycles. The van der Waals surface area contributed by atoms with Crippen LogP contribution in [-0.4, -0.2) is 18.9 Å². The summed E-state index contributed by atoms with van der Waals surface area (Å²) in [5, 5.41) is 3.18. The number of Topliss-reactive ketones (excluding diaryl/α,β-unsaturated/α-hetero) is 1. The average Bonchev–Trinajstić information content (AvgIpc) is 2.92. The van der Waals surface area contributed by atoms with Gasteiger partial charge in [-0.15, -0.1) is 0 Å². The molecular formula is C17H20N2O4. The van der Waals surface area contributed by atoms with Crippen LogP contribution in [0, 0.1) is 5.92 Å². The van der Waals surface area contributed by atoms with E-state index in [9.17, 15) is 9.59 Å². The molecule has 6 heteroatoms. The van der Waals surface area contributed by atoms with Crippen molar-refractivity contribution < 1.29 is 18.7 Å². The molecule has 1 saturated carbocycles. The van der Waals surface area contributed by atoms with Crippen LogP contribution in [0.15, 0.2) is 22.6 Å². The molecule has 0 spiro atoms. The smallest absolute Gasteiger partial charge is 0.316 e. The van der Waals surface area contributed by atoms with Gasteiger partial charge < -0.3 is 20.2 Å². The molecule has 0 atom stereocenters. The van der Waals surface area contributed by atoms with Crippen molar-refractivity contribution in [3.8, 4) is 5.75 Å². The fourth-order valence-corrected chi connectivity index (χ4v) is 3.17. The number of primary amides is 1. The maximum Gasteiger partial charge on any atom is 0.316 e. The minimum Gasteiger partial charge on any atom is -0.497 e. The van der Waals surface area contributed by atoms with Crippen LogP contribution in [0.25, 0.3) is 11.0 Å². The lowest BCUT2D eigenvalue weighted by molar-refractivity contribution is 0.0864. The van der Waals surface area contributed by atoms with Crippen molar-refractivity contribution in [2.24, 2.45) is 11.7 Å². The lowest BCUT2D eigenvalue weighted by Crippen LogP contribution is -2.22. The maximum atomic E-state index is 12.8. The Labute approximate surface area is 134 Å². The number of ether oxygens (including phenoxy) is 1. The molecule has 2 amide bonds. The number of amides is 2. The highest BCUT2D eigenvalue weighted by Gasteiger charge is 2.29. The summed E-state index contributed by atoms with van der Waals surface area (Å²) in [4.78, 5) is 24.1. The van der Waals surface area contributed by atoms with Crippen LogP contribution >= 0.6 is 0 Å². The zero-order valence-electron chi connectivity index (χ0n) is 13.1. The molecule has 1 heterocycles. The number of ketones is 1. The van der Waals surface area contributed by atoms with Crippen molar-refractivity contribution in [3.05, 3.63) is 24.0 Å². The third-order valence-corrected chi connectivity index (χ3v) is 4.35. The van der Waals surface area contributed by atoms with E-state index in [1.807, 2.05) is 0 Å². The van der Waals surface area contributed by atoms with E-state index in [0.29, 0.717) is 22.4 Å². The summed E-state index contributed by atoms with van der Waals surface area (Å²) in [6, 6.07) is 4.47. The largest absolute Gasteiger partial charge is 0.497 e. The normalized spacial score (nSPS) is 15.5. The molecule has 6 nitrogen and oxygen atoms in total. The first-order valence-electron chi connectivity index (χ1n) is 7.81. The molecule has 0 radical (unpaired) electrons. The number of carbonyl (C=O) groups is 2. The minimum absolute atomic E-state index is 0.0559. The highest BCUT2D eigenvalue weighted by atomic mass is 16.5. The number of benzene rings is 1. The van der Waals surface area contributed by atoms with Gasteiger partial charge in [0.1, 0.15) is 17.0 Å². The average molecular weight is 316 g/mol. The standard InChI is InChI=1S/C17H20N2O4/c1-22-11-7-8-12-13(9-11)23-16(14(12)19-17(18)21)15(20)10-5-3-2-4-6-10/h7-10H,2-6H2,1H3,(H3,18,19,21). The molecule has 1 aliphatic carbocycles. The minimum atomic E-state index is -0.721. The van der Waals surface area contributed by atoms with E-state index in [0.717, 1.165) is 32.1 Å². The summed E-state index contributed by atoms with van der Waals surface area (Å²) in [7, 11) is 1.56. The van der Waals surface area contributed by atoms with E-state index in [2.05, 4.69) is 5.32 Å². The van der Waals surface area contributed by atoms with Crippen molar-refractivity contribution in [2.45, 2.75) is 32.1 Å². The number of anilines is 1. The Balaban J connectivity index is 2.06. The fourth-order valence-electron chi connectivity index (χ4n) is 3.17. The van der Waals surface area contributed by atoms with Gasteiger partial charge in [-0.2, -0.15) is 0 Å². The molecule has 3 rings (SSSR count). The van der Waals surface area contributed by atoms with E-state index in [-0.39, 0.29) is 17.5 Å². The predicted molar refractivity (Wildman–Crippen MR) is 86.9 cm³/mol. The van der Waals surface area contributed by atoms with E-state index in [4.69, 9.17) is 14.9 Å². The summed E-state index contributed by atoms with van der Waals surface area (Å²) in [5.41, 5.74) is 6.10. The molecule has 2 aromatic rings. The second kappa shape index (κ2) is 6.32. The molecule has 122 valence electrons. The maximum absolute atomic E-state index is 12.8. The summed E-state index contributed by atoms with van der Waals surface area (Å²) < 4.78 is 10.9. The molecule has 1 aromatic heterocycles. The molecule has 1 aromatic carbocycles. The van der Waals surface area contributed by atoms with Gasteiger partial charge in [0.2, 0.25) is 5.78 Å². The molecule has 0 bridgehead atoms. The van der Waals surface area contributed by atoms with E-state index < -0.39 is 6.03 Å². The number of fused-ring (bicyclic) bond motifs is 1.